The highest BCUT2D eigenvalue weighted by atomic mass is 16.5. The maximum absolute atomic E-state index is 8.45. The minimum absolute atomic E-state index is 0.302. The van der Waals surface area contributed by atoms with Crippen molar-refractivity contribution >= 4 is 0 Å². The molecule has 17 heavy (non-hydrogen) atoms. The monoisotopic (exact) mass is 236 g/mol. The molecule has 0 fully saturated rings. The molecule has 1 aromatic rings. The Balaban J connectivity index is 2.97. The second kappa shape index (κ2) is 6.61. The van der Waals surface area contributed by atoms with E-state index in [2.05, 4.69) is 5.32 Å². The molecular formula is C12H16N2O3. The first-order valence-electron chi connectivity index (χ1n) is 5.13. The van der Waals surface area contributed by atoms with Gasteiger partial charge in [-0.2, -0.15) is 5.26 Å². The number of hydrogen-bond donors (Lipinski definition) is 1. The molecule has 0 heterocycles. The van der Waals surface area contributed by atoms with Gasteiger partial charge >= 0.3 is 0 Å². The summed E-state index contributed by atoms with van der Waals surface area (Å²) in [7, 11) is 4.71. The summed E-state index contributed by atoms with van der Waals surface area (Å²) < 4.78 is 15.7. The van der Waals surface area contributed by atoms with Gasteiger partial charge < -0.3 is 19.5 Å². The topological polar surface area (TPSA) is 63.5 Å². The third kappa shape index (κ3) is 3.26. The van der Waals surface area contributed by atoms with Crippen molar-refractivity contribution in [2.75, 3.05) is 27.9 Å². The fourth-order valence-electron chi connectivity index (χ4n) is 1.50. The number of methoxy groups -OCH3 is 3. The Labute approximate surface area is 101 Å². The van der Waals surface area contributed by atoms with Crippen LogP contribution in [0.25, 0.3) is 0 Å². The average molecular weight is 236 g/mol. The lowest BCUT2D eigenvalue weighted by Gasteiger charge is -2.14. The van der Waals surface area contributed by atoms with Crippen LogP contribution in [0.4, 0.5) is 0 Å². The third-order valence-electron chi connectivity index (χ3n) is 2.26. The number of rotatable bonds is 6. The number of ether oxygens (including phenoxy) is 3. The van der Waals surface area contributed by atoms with Crippen molar-refractivity contribution in [3.05, 3.63) is 17.7 Å². The molecule has 0 saturated carbocycles. The van der Waals surface area contributed by atoms with E-state index in [-0.39, 0.29) is 0 Å². The minimum atomic E-state index is 0.302. The zero-order valence-electron chi connectivity index (χ0n) is 10.2. The molecule has 92 valence electrons. The maximum Gasteiger partial charge on any atom is 0.203 e. The van der Waals surface area contributed by atoms with Gasteiger partial charge in [-0.3, -0.25) is 0 Å². The predicted molar refractivity (Wildman–Crippen MR) is 63.4 cm³/mol. The molecule has 0 aliphatic carbocycles. The molecular weight excluding hydrogens is 220 g/mol. The van der Waals surface area contributed by atoms with Gasteiger partial charge in [-0.1, -0.05) is 0 Å². The molecule has 0 bridgehead atoms. The summed E-state index contributed by atoms with van der Waals surface area (Å²) in [6.45, 7) is 0.876. The van der Waals surface area contributed by atoms with Gasteiger partial charge in [0.05, 0.1) is 33.9 Å². The van der Waals surface area contributed by atoms with Crippen molar-refractivity contribution in [2.24, 2.45) is 0 Å². The van der Waals surface area contributed by atoms with E-state index < -0.39 is 0 Å². The first-order valence-corrected chi connectivity index (χ1v) is 5.13. The standard InChI is InChI=1S/C12H16N2O3/c1-15-10-6-9(8-14-5-4-13)7-11(16-2)12(10)17-3/h6-7,14H,5,8H2,1-3H3. The highest BCUT2D eigenvalue weighted by molar-refractivity contribution is 5.53. The zero-order valence-corrected chi connectivity index (χ0v) is 10.2. The Bertz CT molecular complexity index is 388. The largest absolute Gasteiger partial charge is 0.493 e. The molecule has 0 aromatic heterocycles. The summed E-state index contributed by atoms with van der Waals surface area (Å²) in [5, 5.41) is 11.4. The van der Waals surface area contributed by atoms with Crippen LogP contribution in [-0.4, -0.2) is 27.9 Å². The van der Waals surface area contributed by atoms with Gasteiger partial charge in [0.2, 0.25) is 5.75 Å². The van der Waals surface area contributed by atoms with E-state index in [1.807, 2.05) is 18.2 Å². The van der Waals surface area contributed by atoms with Crippen LogP contribution >= 0.6 is 0 Å². The van der Waals surface area contributed by atoms with Crippen LogP contribution in [0.3, 0.4) is 0 Å². The SMILES string of the molecule is COc1cc(CNCC#N)cc(OC)c1OC. The number of nitrogens with one attached hydrogen (secondary N) is 1. The minimum Gasteiger partial charge on any atom is -0.493 e. The van der Waals surface area contributed by atoms with Crippen LogP contribution in [0.1, 0.15) is 5.56 Å². The molecule has 1 rings (SSSR count). The molecule has 0 atom stereocenters. The summed E-state index contributed by atoms with van der Waals surface area (Å²) in [5.41, 5.74) is 0.967. The Morgan fingerprint density at radius 3 is 2.12 bits per heavy atom. The van der Waals surface area contributed by atoms with Crippen molar-refractivity contribution in [1.29, 1.82) is 5.26 Å². The first kappa shape index (κ1) is 13.1. The number of nitrogens with zero attached hydrogens (tertiary/aromatic N) is 1. The molecule has 0 aliphatic heterocycles. The maximum atomic E-state index is 8.45. The molecule has 5 heteroatoms. The van der Waals surface area contributed by atoms with Crippen molar-refractivity contribution in [2.45, 2.75) is 6.54 Å². The molecule has 0 saturated heterocycles. The Morgan fingerprint density at radius 1 is 1.12 bits per heavy atom. The Hall–Kier alpha value is -1.93. The first-order chi connectivity index (χ1) is 8.26. The van der Waals surface area contributed by atoms with Crippen molar-refractivity contribution in [3.63, 3.8) is 0 Å². The second-order valence-electron chi connectivity index (χ2n) is 3.30. The van der Waals surface area contributed by atoms with Gasteiger partial charge in [0, 0.05) is 6.54 Å². The second-order valence-corrected chi connectivity index (χ2v) is 3.30. The lowest BCUT2D eigenvalue weighted by atomic mass is 10.2. The van der Waals surface area contributed by atoms with Crippen LogP contribution in [0, 0.1) is 11.3 Å². The Morgan fingerprint density at radius 2 is 1.71 bits per heavy atom. The van der Waals surface area contributed by atoms with Crippen LogP contribution in [0.2, 0.25) is 0 Å². The number of nitriles is 1. The van der Waals surface area contributed by atoms with E-state index in [1.54, 1.807) is 21.3 Å². The molecule has 1 aromatic carbocycles. The van der Waals surface area contributed by atoms with E-state index in [9.17, 15) is 0 Å². The highest BCUT2D eigenvalue weighted by Gasteiger charge is 2.12. The van der Waals surface area contributed by atoms with E-state index >= 15 is 0 Å². The molecule has 1 N–H and O–H groups in total. The van der Waals surface area contributed by atoms with Crippen LogP contribution < -0.4 is 19.5 Å². The quantitative estimate of drug-likeness (QED) is 0.596. The van der Waals surface area contributed by atoms with Crippen molar-refractivity contribution in [3.8, 4) is 23.3 Å². The van der Waals surface area contributed by atoms with Gasteiger partial charge in [0.25, 0.3) is 0 Å². The van der Waals surface area contributed by atoms with Gasteiger partial charge in [0.15, 0.2) is 11.5 Å². The van der Waals surface area contributed by atoms with E-state index in [4.69, 9.17) is 19.5 Å². The molecule has 0 radical (unpaired) electrons. The average Bonchev–Trinajstić information content (AvgIpc) is 2.37. The normalized spacial score (nSPS) is 9.53. The van der Waals surface area contributed by atoms with Gasteiger partial charge in [-0.05, 0) is 17.7 Å². The van der Waals surface area contributed by atoms with Gasteiger partial charge in [0.1, 0.15) is 0 Å². The predicted octanol–water partition coefficient (Wildman–Crippen LogP) is 1.33. The van der Waals surface area contributed by atoms with Crippen molar-refractivity contribution in [1.82, 2.24) is 5.32 Å². The van der Waals surface area contributed by atoms with Crippen molar-refractivity contribution < 1.29 is 14.2 Å². The number of hydrogen-bond acceptors (Lipinski definition) is 5. The molecule has 0 amide bonds. The summed E-state index contributed by atoms with van der Waals surface area (Å²) in [6, 6.07) is 5.73. The van der Waals surface area contributed by atoms with Crippen LogP contribution in [0.15, 0.2) is 12.1 Å². The van der Waals surface area contributed by atoms with E-state index in [1.165, 1.54) is 0 Å². The van der Waals surface area contributed by atoms with Gasteiger partial charge in [-0.15, -0.1) is 0 Å². The molecule has 0 spiro atoms. The third-order valence-corrected chi connectivity index (χ3v) is 2.26. The lowest BCUT2D eigenvalue weighted by Crippen LogP contribution is -2.13. The Kier molecular flexibility index (Phi) is 5.11. The summed E-state index contributed by atoms with van der Waals surface area (Å²) >= 11 is 0. The van der Waals surface area contributed by atoms with Crippen LogP contribution in [-0.2, 0) is 6.54 Å². The molecule has 0 aliphatic rings. The highest BCUT2D eigenvalue weighted by Crippen LogP contribution is 2.38. The van der Waals surface area contributed by atoms with Crippen LogP contribution in [0.5, 0.6) is 17.2 Å². The fourth-order valence-corrected chi connectivity index (χ4v) is 1.50. The lowest BCUT2D eigenvalue weighted by molar-refractivity contribution is 0.323. The summed E-state index contributed by atoms with van der Waals surface area (Å²) in [4.78, 5) is 0. The van der Waals surface area contributed by atoms with E-state index in [0.29, 0.717) is 30.3 Å². The zero-order chi connectivity index (χ0) is 12.7. The van der Waals surface area contributed by atoms with Gasteiger partial charge in [-0.25, -0.2) is 0 Å². The smallest absolute Gasteiger partial charge is 0.203 e. The molecule has 0 unspecified atom stereocenters. The molecule has 5 nitrogen and oxygen atoms in total. The number of benzene rings is 1. The summed E-state index contributed by atoms with van der Waals surface area (Å²) in [5.74, 6) is 1.79. The fraction of sp³-hybridized carbons (Fsp3) is 0.417. The van der Waals surface area contributed by atoms with E-state index in [0.717, 1.165) is 5.56 Å². The summed E-state index contributed by atoms with van der Waals surface area (Å²) in [6.07, 6.45) is 0.